The topological polar surface area (TPSA) is 27.7 Å². The molecule has 0 aliphatic carbocycles. The Balaban J connectivity index is 2.37. The standard InChI is InChI=1S/C8H10O3S/c1-7-3-5-8(6-4-7)10-12-11-9-2/h3-6H,1-2H3. The van der Waals surface area contributed by atoms with Crippen LogP contribution in [0, 0.1) is 6.92 Å². The minimum atomic E-state index is 0.739. The molecule has 1 rings (SSSR count). The van der Waals surface area contributed by atoms with Gasteiger partial charge in [0.25, 0.3) is 12.3 Å². The van der Waals surface area contributed by atoms with Gasteiger partial charge in [0, 0.05) is 0 Å². The quantitative estimate of drug-likeness (QED) is 0.312. The highest BCUT2D eigenvalue weighted by Crippen LogP contribution is 2.17. The van der Waals surface area contributed by atoms with Crippen LogP contribution in [0.3, 0.4) is 0 Å². The SMILES string of the molecule is COOSOc1ccc(C)cc1. The molecule has 0 saturated carbocycles. The van der Waals surface area contributed by atoms with Gasteiger partial charge in [-0.25, -0.2) is 4.89 Å². The van der Waals surface area contributed by atoms with E-state index in [4.69, 9.17) is 4.18 Å². The van der Waals surface area contributed by atoms with E-state index in [9.17, 15) is 0 Å². The van der Waals surface area contributed by atoms with Crippen LogP contribution in [0.5, 0.6) is 5.75 Å². The van der Waals surface area contributed by atoms with Gasteiger partial charge < -0.3 is 4.18 Å². The van der Waals surface area contributed by atoms with E-state index in [0.717, 1.165) is 18.1 Å². The summed E-state index contributed by atoms with van der Waals surface area (Å²) in [6, 6.07) is 7.65. The van der Waals surface area contributed by atoms with Gasteiger partial charge in [-0.1, -0.05) is 17.7 Å². The first-order valence-electron chi connectivity index (χ1n) is 3.43. The van der Waals surface area contributed by atoms with Crippen molar-refractivity contribution >= 4 is 12.3 Å². The summed E-state index contributed by atoms with van der Waals surface area (Å²) >= 11 is 0.790. The van der Waals surface area contributed by atoms with Gasteiger partial charge in [0.15, 0.2) is 0 Å². The van der Waals surface area contributed by atoms with Gasteiger partial charge in [0.2, 0.25) is 0 Å². The number of rotatable bonds is 4. The van der Waals surface area contributed by atoms with Gasteiger partial charge >= 0.3 is 0 Å². The summed E-state index contributed by atoms with van der Waals surface area (Å²) in [5.74, 6) is 0.739. The van der Waals surface area contributed by atoms with E-state index in [2.05, 4.69) is 9.22 Å². The molecule has 0 amide bonds. The Kier molecular flexibility index (Phi) is 3.93. The van der Waals surface area contributed by atoms with Crippen molar-refractivity contribution in [3.8, 4) is 5.75 Å². The zero-order chi connectivity index (χ0) is 8.81. The third-order valence-corrected chi connectivity index (χ3v) is 1.70. The maximum atomic E-state index is 5.07. The Hall–Kier alpha value is -0.710. The van der Waals surface area contributed by atoms with Crippen LogP contribution in [0.25, 0.3) is 0 Å². The van der Waals surface area contributed by atoms with Crippen molar-refractivity contribution in [2.24, 2.45) is 0 Å². The molecule has 0 atom stereocenters. The molecule has 66 valence electrons. The lowest BCUT2D eigenvalue weighted by Crippen LogP contribution is -1.84. The minimum absolute atomic E-state index is 0.739. The lowest BCUT2D eigenvalue weighted by molar-refractivity contribution is -0.164. The Labute approximate surface area is 76.0 Å². The molecule has 0 N–H and O–H groups in total. The van der Waals surface area contributed by atoms with Gasteiger partial charge in [-0.15, -0.1) is 4.33 Å². The molecule has 3 nitrogen and oxygen atoms in total. The summed E-state index contributed by atoms with van der Waals surface area (Å²) in [6.07, 6.45) is 0. The molecule has 0 unspecified atom stereocenters. The highest BCUT2D eigenvalue weighted by Gasteiger charge is 1.93. The van der Waals surface area contributed by atoms with E-state index >= 15 is 0 Å². The number of hydrogen-bond donors (Lipinski definition) is 0. The fourth-order valence-electron chi connectivity index (χ4n) is 0.675. The van der Waals surface area contributed by atoms with Crippen molar-refractivity contribution in [2.75, 3.05) is 7.11 Å². The summed E-state index contributed by atoms with van der Waals surface area (Å²) in [5.41, 5.74) is 1.19. The van der Waals surface area contributed by atoms with Gasteiger partial charge in [0.1, 0.15) is 5.75 Å². The highest BCUT2D eigenvalue weighted by atomic mass is 32.2. The Morgan fingerprint density at radius 1 is 1.17 bits per heavy atom. The average Bonchev–Trinajstić information content (AvgIpc) is 2.09. The van der Waals surface area contributed by atoms with E-state index in [1.165, 1.54) is 12.7 Å². The van der Waals surface area contributed by atoms with Crippen LogP contribution in [0.4, 0.5) is 0 Å². The number of benzene rings is 1. The molecule has 0 radical (unpaired) electrons. The Morgan fingerprint density at radius 2 is 1.83 bits per heavy atom. The first-order chi connectivity index (χ1) is 5.83. The van der Waals surface area contributed by atoms with Crippen molar-refractivity contribution in [2.45, 2.75) is 6.92 Å². The summed E-state index contributed by atoms with van der Waals surface area (Å²) in [4.78, 5) is 4.33. The Morgan fingerprint density at radius 3 is 2.42 bits per heavy atom. The van der Waals surface area contributed by atoms with Crippen LogP contribution >= 0.6 is 12.3 Å². The molecule has 0 aromatic heterocycles. The molecule has 0 spiro atoms. The van der Waals surface area contributed by atoms with Crippen molar-refractivity contribution < 1.29 is 13.4 Å². The first kappa shape index (κ1) is 9.38. The van der Waals surface area contributed by atoms with Crippen molar-refractivity contribution in [3.05, 3.63) is 29.8 Å². The second-order valence-electron chi connectivity index (χ2n) is 2.20. The average molecular weight is 186 g/mol. The highest BCUT2D eigenvalue weighted by molar-refractivity contribution is 7.90. The number of hydrogen-bond acceptors (Lipinski definition) is 4. The van der Waals surface area contributed by atoms with Gasteiger partial charge in [-0.2, -0.15) is 0 Å². The van der Waals surface area contributed by atoms with Crippen LogP contribution < -0.4 is 4.18 Å². The summed E-state index contributed by atoms with van der Waals surface area (Å²) in [6.45, 7) is 2.02. The summed E-state index contributed by atoms with van der Waals surface area (Å²) in [7, 11) is 1.42. The molecule has 0 heterocycles. The zero-order valence-corrected chi connectivity index (χ0v) is 7.76. The smallest absolute Gasteiger partial charge is 0.258 e. The molecule has 0 aliphatic heterocycles. The van der Waals surface area contributed by atoms with Crippen molar-refractivity contribution in [1.29, 1.82) is 0 Å². The molecule has 12 heavy (non-hydrogen) atoms. The molecular formula is C8H10O3S. The third-order valence-electron chi connectivity index (χ3n) is 1.25. The first-order valence-corrected chi connectivity index (χ1v) is 4.10. The maximum Gasteiger partial charge on any atom is 0.258 e. The zero-order valence-electron chi connectivity index (χ0n) is 6.94. The minimum Gasteiger partial charge on any atom is -0.399 e. The monoisotopic (exact) mass is 186 g/mol. The van der Waals surface area contributed by atoms with Crippen molar-refractivity contribution in [3.63, 3.8) is 0 Å². The summed E-state index contributed by atoms with van der Waals surface area (Å²) < 4.78 is 9.53. The maximum absolute atomic E-state index is 5.07. The third kappa shape index (κ3) is 3.13. The molecule has 1 aromatic rings. The van der Waals surface area contributed by atoms with Gasteiger partial charge in [0.05, 0.1) is 7.11 Å². The van der Waals surface area contributed by atoms with E-state index in [1.807, 2.05) is 31.2 Å². The second kappa shape index (κ2) is 5.03. The normalized spacial score (nSPS) is 9.83. The Bertz CT molecular complexity index is 222. The molecule has 0 bridgehead atoms. The van der Waals surface area contributed by atoms with E-state index in [0.29, 0.717) is 0 Å². The van der Waals surface area contributed by atoms with Crippen LogP contribution in [0.1, 0.15) is 5.56 Å². The predicted molar refractivity (Wildman–Crippen MR) is 47.5 cm³/mol. The molecule has 1 aromatic carbocycles. The lowest BCUT2D eigenvalue weighted by Gasteiger charge is -2.00. The molecule has 4 heteroatoms. The van der Waals surface area contributed by atoms with Gasteiger partial charge in [-0.3, -0.25) is 0 Å². The molecule has 0 fully saturated rings. The second-order valence-corrected chi connectivity index (χ2v) is 2.64. The molecule has 0 saturated heterocycles. The van der Waals surface area contributed by atoms with Crippen LogP contribution in [0.15, 0.2) is 24.3 Å². The fraction of sp³-hybridized carbons (Fsp3) is 0.250. The summed E-state index contributed by atoms with van der Waals surface area (Å²) in [5, 5.41) is 0. The predicted octanol–water partition coefficient (Wildman–Crippen LogP) is 2.52. The fourth-order valence-corrected chi connectivity index (χ4v) is 0.948. The molecular weight excluding hydrogens is 176 g/mol. The van der Waals surface area contributed by atoms with Crippen LogP contribution in [-0.2, 0) is 9.22 Å². The van der Waals surface area contributed by atoms with E-state index in [-0.39, 0.29) is 0 Å². The van der Waals surface area contributed by atoms with E-state index in [1.54, 1.807) is 0 Å². The van der Waals surface area contributed by atoms with Crippen LogP contribution in [0.2, 0.25) is 0 Å². The van der Waals surface area contributed by atoms with Gasteiger partial charge in [-0.05, 0) is 19.1 Å². The largest absolute Gasteiger partial charge is 0.399 e. The van der Waals surface area contributed by atoms with Crippen molar-refractivity contribution in [1.82, 2.24) is 0 Å². The number of aryl methyl sites for hydroxylation is 1. The molecule has 0 aliphatic rings. The van der Waals surface area contributed by atoms with E-state index < -0.39 is 0 Å². The van der Waals surface area contributed by atoms with Crippen LogP contribution in [-0.4, -0.2) is 7.11 Å². The lowest BCUT2D eigenvalue weighted by atomic mass is 10.2.